The Morgan fingerprint density at radius 3 is 2.45 bits per heavy atom. The summed E-state index contributed by atoms with van der Waals surface area (Å²) in [4.78, 5) is 12.0. The largest absolute Gasteiger partial charge is 0.381 e. The molecule has 112 valence electrons. The topological polar surface area (TPSA) is 72.5 Å². The van der Waals surface area contributed by atoms with E-state index in [0.29, 0.717) is 25.3 Å². The van der Waals surface area contributed by atoms with Gasteiger partial charge in [0.05, 0.1) is 11.5 Å². The van der Waals surface area contributed by atoms with E-state index in [0.717, 1.165) is 18.0 Å². The monoisotopic (exact) mass is 363 g/mol. The van der Waals surface area contributed by atoms with Crippen LogP contribution in [0.4, 0.5) is 0 Å². The van der Waals surface area contributed by atoms with Gasteiger partial charge in [0.25, 0.3) is 5.91 Å². The zero-order valence-electron chi connectivity index (χ0n) is 11.3. The molecule has 0 aliphatic carbocycles. The molecule has 0 aliphatic rings. The smallest absolute Gasteiger partial charge is 0.251 e. The molecule has 7 heteroatoms. The summed E-state index contributed by atoms with van der Waals surface area (Å²) in [5.74, 6) is -0.217. The van der Waals surface area contributed by atoms with Crippen molar-refractivity contribution in [2.45, 2.75) is 11.3 Å². The maximum atomic E-state index is 11.8. The van der Waals surface area contributed by atoms with Gasteiger partial charge in [-0.2, -0.15) is 0 Å². The van der Waals surface area contributed by atoms with Crippen LogP contribution in [-0.2, 0) is 14.6 Å². The average molecular weight is 364 g/mol. The van der Waals surface area contributed by atoms with E-state index in [4.69, 9.17) is 4.74 Å². The number of benzene rings is 1. The van der Waals surface area contributed by atoms with Gasteiger partial charge in [-0.1, -0.05) is 15.9 Å². The van der Waals surface area contributed by atoms with Gasteiger partial charge >= 0.3 is 0 Å². The number of hydrogen-bond acceptors (Lipinski definition) is 4. The van der Waals surface area contributed by atoms with Crippen LogP contribution in [0.1, 0.15) is 16.8 Å². The molecular weight excluding hydrogens is 346 g/mol. The summed E-state index contributed by atoms with van der Waals surface area (Å²) in [6.07, 6.45) is 1.87. The van der Waals surface area contributed by atoms with Crippen molar-refractivity contribution in [3.63, 3.8) is 0 Å². The Morgan fingerprint density at radius 1 is 1.25 bits per heavy atom. The molecule has 5 nitrogen and oxygen atoms in total. The summed E-state index contributed by atoms with van der Waals surface area (Å²) in [6.45, 7) is 1.77. The fourth-order valence-electron chi connectivity index (χ4n) is 1.49. The Labute approximate surface area is 127 Å². The number of alkyl halides is 1. The van der Waals surface area contributed by atoms with Crippen molar-refractivity contribution in [2.24, 2.45) is 0 Å². The standard InChI is InChI=1S/C13H18BrNO4S/c1-20(17,18)12-5-3-11(4-6-12)13(16)15-8-2-9-19-10-7-14/h3-6H,2,7-10H2,1H3,(H,15,16). The first-order chi connectivity index (χ1) is 9.45. The van der Waals surface area contributed by atoms with Crippen molar-refractivity contribution in [3.8, 4) is 0 Å². The van der Waals surface area contributed by atoms with Crippen LogP contribution in [0.2, 0.25) is 0 Å². The highest BCUT2D eigenvalue weighted by atomic mass is 79.9. The zero-order valence-corrected chi connectivity index (χ0v) is 13.7. The van der Waals surface area contributed by atoms with Gasteiger partial charge in [-0.25, -0.2) is 8.42 Å². The minimum absolute atomic E-state index is 0.206. The molecule has 0 bridgehead atoms. The third kappa shape index (κ3) is 6.02. The summed E-state index contributed by atoms with van der Waals surface area (Å²) >= 11 is 3.25. The number of nitrogens with one attached hydrogen (secondary N) is 1. The fraction of sp³-hybridized carbons (Fsp3) is 0.462. The van der Waals surface area contributed by atoms with Crippen LogP contribution in [0.3, 0.4) is 0 Å². The Kier molecular flexibility index (Phi) is 7.18. The number of carbonyl (C=O) groups excluding carboxylic acids is 1. The Hall–Kier alpha value is -0.920. The number of carbonyl (C=O) groups is 1. The van der Waals surface area contributed by atoms with Gasteiger partial charge in [0, 0.05) is 30.3 Å². The highest BCUT2D eigenvalue weighted by Gasteiger charge is 2.09. The molecular formula is C13H18BrNO4S. The van der Waals surface area contributed by atoms with Crippen LogP contribution >= 0.6 is 15.9 Å². The minimum Gasteiger partial charge on any atom is -0.381 e. The summed E-state index contributed by atoms with van der Waals surface area (Å²) in [5, 5.41) is 3.55. The maximum Gasteiger partial charge on any atom is 0.251 e. The van der Waals surface area contributed by atoms with Crippen molar-refractivity contribution in [1.82, 2.24) is 5.32 Å². The van der Waals surface area contributed by atoms with E-state index in [1.165, 1.54) is 24.3 Å². The minimum atomic E-state index is -3.23. The van der Waals surface area contributed by atoms with Crippen LogP contribution in [0.5, 0.6) is 0 Å². The molecule has 0 atom stereocenters. The SMILES string of the molecule is CS(=O)(=O)c1ccc(C(=O)NCCCOCCBr)cc1. The molecule has 0 unspecified atom stereocenters. The molecule has 20 heavy (non-hydrogen) atoms. The second kappa shape index (κ2) is 8.39. The van der Waals surface area contributed by atoms with Crippen molar-refractivity contribution in [3.05, 3.63) is 29.8 Å². The highest BCUT2D eigenvalue weighted by Crippen LogP contribution is 2.10. The van der Waals surface area contributed by atoms with Gasteiger partial charge in [0.1, 0.15) is 0 Å². The average Bonchev–Trinajstić information content (AvgIpc) is 2.41. The molecule has 0 spiro atoms. The molecule has 0 aliphatic heterocycles. The molecule has 1 aromatic carbocycles. The van der Waals surface area contributed by atoms with Gasteiger partial charge < -0.3 is 10.1 Å². The highest BCUT2D eigenvalue weighted by molar-refractivity contribution is 9.09. The number of hydrogen-bond donors (Lipinski definition) is 1. The Balaban J connectivity index is 2.40. The molecule has 0 saturated heterocycles. The summed E-state index contributed by atoms with van der Waals surface area (Å²) in [7, 11) is -3.23. The van der Waals surface area contributed by atoms with Gasteiger partial charge in [0.2, 0.25) is 0 Å². The number of sulfone groups is 1. The van der Waals surface area contributed by atoms with Crippen molar-refractivity contribution in [1.29, 1.82) is 0 Å². The molecule has 0 fully saturated rings. The first kappa shape index (κ1) is 17.1. The van der Waals surface area contributed by atoms with Crippen molar-refractivity contribution in [2.75, 3.05) is 31.3 Å². The molecule has 0 aromatic heterocycles. The lowest BCUT2D eigenvalue weighted by Gasteiger charge is -2.06. The van der Waals surface area contributed by atoms with Gasteiger partial charge in [-0.05, 0) is 30.7 Å². The van der Waals surface area contributed by atoms with Crippen LogP contribution in [0.15, 0.2) is 29.2 Å². The van der Waals surface area contributed by atoms with Gasteiger partial charge in [-0.3, -0.25) is 4.79 Å². The second-order valence-electron chi connectivity index (χ2n) is 4.21. The molecule has 1 N–H and O–H groups in total. The third-order valence-corrected chi connectivity index (χ3v) is 3.97. The lowest BCUT2D eigenvalue weighted by Crippen LogP contribution is -2.25. The van der Waals surface area contributed by atoms with Crippen molar-refractivity contribution >= 4 is 31.7 Å². The number of ether oxygens (including phenoxy) is 1. The van der Waals surface area contributed by atoms with Crippen LogP contribution in [-0.4, -0.2) is 45.7 Å². The lowest BCUT2D eigenvalue weighted by atomic mass is 10.2. The first-order valence-corrected chi connectivity index (χ1v) is 9.18. The quantitative estimate of drug-likeness (QED) is 0.562. The molecule has 0 radical (unpaired) electrons. The number of rotatable bonds is 8. The third-order valence-electron chi connectivity index (χ3n) is 2.52. The van der Waals surface area contributed by atoms with E-state index in [-0.39, 0.29) is 10.8 Å². The van der Waals surface area contributed by atoms with E-state index < -0.39 is 9.84 Å². The summed E-state index contributed by atoms with van der Waals surface area (Å²) < 4.78 is 27.8. The number of halogens is 1. The van der Waals surface area contributed by atoms with E-state index in [2.05, 4.69) is 21.2 Å². The fourth-order valence-corrected chi connectivity index (χ4v) is 2.35. The first-order valence-electron chi connectivity index (χ1n) is 6.17. The molecule has 1 rings (SSSR count). The van der Waals surface area contributed by atoms with E-state index in [1.54, 1.807) is 0 Å². The molecule has 1 aromatic rings. The predicted octanol–water partition coefficient (Wildman–Crippen LogP) is 1.62. The second-order valence-corrected chi connectivity index (χ2v) is 7.02. The molecule has 0 heterocycles. The predicted molar refractivity (Wildman–Crippen MR) is 81.1 cm³/mol. The van der Waals surface area contributed by atoms with Crippen molar-refractivity contribution < 1.29 is 17.9 Å². The van der Waals surface area contributed by atoms with Crippen LogP contribution in [0, 0.1) is 0 Å². The van der Waals surface area contributed by atoms with Gasteiger partial charge in [0.15, 0.2) is 9.84 Å². The molecule has 0 saturated carbocycles. The summed E-state index contributed by atoms with van der Waals surface area (Å²) in [6, 6.07) is 5.88. The maximum absolute atomic E-state index is 11.8. The van der Waals surface area contributed by atoms with Gasteiger partial charge in [-0.15, -0.1) is 0 Å². The van der Waals surface area contributed by atoms with E-state index >= 15 is 0 Å². The molecule has 1 amide bonds. The van der Waals surface area contributed by atoms with Crippen LogP contribution < -0.4 is 5.32 Å². The normalized spacial score (nSPS) is 11.3. The Morgan fingerprint density at radius 2 is 1.90 bits per heavy atom. The number of amides is 1. The van der Waals surface area contributed by atoms with E-state index in [9.17, 15) is 13.2 Å². The lowest BCUT2D eigenvalue weighted by molar-refractivity contribution is 0.0944. The van der Waals surface area contributed by atoms with E-state index in [1.807, 2.05) is 0 Å². The summed E-state index contributed by atoms with van der Waals surface area (Å²) in [5.41, 5.74) is 0.443. The Bertz CT molecular complexity index is 528. The zero-order chi connectivity index (χ0) is 15.0. The van der Waals surface area contributed by atoms with Crippen LogP contribution in [0.25, 0.3) is 0 Å².